The summed E-state index contributed by atoms with van der Waals surface area (Å²) in [6.45, 7) is 3.14. The molecule has 1 N–H and O–H groups in total. The van der Waals surface area contributed by atoms with Crippen LogP contribution in [-0.2, 0) is 13.0 Å². The highest BCUT2D eigenvalue weighted by molar-refractivity contribution is 9.10. The van der Waals surface area contributed by atoms with E-state index in [0.29, 0.717) is 6.04 Å². The molecular weight excluding hydrogens is 332 g/mol. The molecule has 1 aliphatic rings. The topological polar surface area (TPSA) is 15.3 Å². The standard InChI is InChI=1S/C16H19BrN2S/c1-19(9-14-8-13(17)11-20-14)10-16-15-5-3-2-4-12(15)6-7-18-16/h2-5,8,11,16,18H,6-7,9-10H2,1H3. The quantitative estimate of drug-likeness (QED) is 0.901. The second-order valence-electron chi connectivity index (χ2n) is 5.38. The Bertz CT molecular complexity index is 581. The van der Waals surface area contributed by atoms with Crippen molar-refractivity contribution in [3.8, 4) is 0 Å². The van der Waals surface area contributed by atoms with Crippen LogP contribution in [0.4, 0.5) is 0 Å². The molecule has 0 amide bonds. The molecule has 1 aliphatic heterocycles. The Hall–Kier alpha value is -0.680. The van der Waals surface area contributed by atoms with Crippen molar-refractivity contribution in [2.24, 2.45) is 0 Å². The van der Waals surface area contributed by atoms with Gasteiger partial charge in [-0.05, 0) is 53.1 Å². The monoisotopic (exact) mass is 350 g/mol. The molecular formula is C16H19BrN2S. The van der Waals surface area contributed by atoms with Gasteiger partial charge < -0.3 is 5.32 Å². The Kier molecular flexibility index (Phi) is 4.56. The van der Waals surface area contributed by atoms with Crippen molar-refractivity contribution in [1.29, 1.82) is 0 Å². The number of thiophene rings is 1. The molecule has 0 bridgehead atoms. The predicted molar refractivity (Wildman–Crippen MR) is 89.2 cm³/mol. The number of nitrogens with zero attached hydrogens (tertiary/aromatic N) is 1. The van der Waals surface area contributed by atoms with E-state index in [1.807, 2.05) is 11.3 Å². The van der Waals surface area contributed by atoms with Crippen LogP contribution in [0.1, 0.15) is 22.0 Å². The molecule has 2 heterocycles. The smallest absolute Gasteiger partial charge is 0.0452 e. The van der Waals surface area contributed by atoms with Gasteiger partial charge in [-0.2, -0.15) is 0 Å². The minimum absolute atomic E-state index is 0.452. The zero-order valence-corrected chi connectivity index (χ0v) is 14.0. The summed E-state index contributed by atoms with van der Waals surface area (Å²) in [4.78, 5) is 3.81. The summed E-state index contributed by atoms with van der Waals surface area (Å²) in [6.07, 6.45) is 1.15. The third kappa shape index (κ3) is 3.31. The molecule has 0 radical (unpaired) electrons. The van der Waals surface area contributed by atoms with Gasteiger partial charge in [0.05, 0.1) is 0 Å². The molecule has 0 saturated heterocycles. The average Bonchev–Trinajstić information content (AvgIpc) is 2.84. The maximum Gasteiger partial charge on any atom is 0.0452 e. The van der Waals surface area contributed by atoms with Gasteiger partial charge >= 0.3 is 0 Å². The van der Waals surface area contributed by atoms with Crippen molar-refractivity contribution in [2.75, 3.05) is 20.1 Å². The fourth-order valence-corrected chi connectivity index (χ4v) is 4.36. The first-order chi connectivity index (χ1) is 9.72. The van der Waals surface area contributed by atoms with E-state index in [0.717, 1.165) is 26.1 Å². The van der Waals surface area contributed by atoms with Gasteiger partial charge in [0.2, 0.25) is 0 Å². The first-order valence-corrected chi connectivity index (χ1v) is 8.62. The molecule has 106 valence electrons. The van der Waals surface area contributed by atoms with Gasteiger partial charge in [0.25, 0.3) is 0 Å². The lowest BCUT2D eigenvalue weighted by molar-refractivity contribution is 0.280. The second-order valence-corrected chi connectivity index (χ2v) is 7.29. The van der Waals surface area contributed by atoms with Crippen molar-refractivity contribution >= 4 is 27.3 Å². The van der Waals surface area contributed by atoms with Crippen LogP contribution < -0.4 is 5.32 Å². The van der Waals surface area contributed by atoms with E-state index < -0.39 is 0 Å². The third-order valence-corrected chi connectivity index (χ3v) is 5.44. The molecule has 0 spiro atoms. The number of halogens is 1. The van der Waals surface area contributed by atoms with Gasteiger partial charge in [0.15, 0.2) is 0 Å². The van der Waals surface area contributed by atoms with Crippen LogP contribution in [0.3, 0.4) is 0 Å². The SMILES string of the molecule is CN(Cc1cc(Br)cs1)CC1NCCc2ccccc21. The number of likely N-dealkylation sites (N-methyl/N-ethyl adjacent to an activating group) is 1. The summed E-state index contributed by atoms with van der Waals surface area (Å²) >= 11 is 5.34. The summed E-state index contributed by atoms with van der Waals surface area (Å²) in [5, 5.41) is 5.80. The highest BCUT2D eigenvalue weighted by Gasteiger charge is 2.20. The molecule has 0 aliphatic carbocycles. The van der Waals surface area contributed by atoms with E-state index in [-0.39, 0.29) is 0 Å². The fourth-order valence-electron chi connectivity index (χ4n) is 2.83. The van der Waals surface area contributed by atoms with Crippen LogP contribution >= 0.6 is 27.3 Å². The maximum atomic E-state index is 3.65. The first-order valence-electron chi connectivity index (χ1n) is 6.95. The van der Waals surface area contributed by atoms with Crippen molar-refractivity contribution in [2.45, 2.75) is 19.0 Å². The Balaban J connectivity index is 1.66. The normalized spacial score (nSPS) is 18.2. The van der Waals surface area contributed by atoms with Gasteiger partial charge in [0.1, 0.15) is 0 Å². The van der Waals surface area contributed by atoms with Crippen LogP contribution in [0.5, 0.6) is 0 Å². The maximum absolute atomic E-state index is 3.65. The molecule has 1 unspecified atom stereocenters. The van der Waals surface area contributed by atoms with E-state index in [4.69, 9.17) is 0 Å². The Labute approximate surface area is 132 Å². The summed E-state index contributed by atoms with van der Waals surface area (Å²) in [7, 11) is 2.20. The van der Waals surface area contributed by atoms with Crippen molar-refractivity contribution in [1.82, 2.24) is 10.2 Å². The molecule has 0 saturated carbocycles. The fraction of sp³-hybridized carbons (Fsp3) is 0.375. The van der Waals surface area contributed by atoms with E-state index in [1.165, 1.54) is 20.5 Å². The number of nitrogens with one attached hydrogen (secondary N) is 1. The highest BCUT2D eigenvalue weighted by Crippen LogP contribution is 2.25. The van der Waals surface area contributed by atoms with E-state index in [1.54, 1.807) is 0 Å². The summed E-state index contributed by atoms with van der Waals surface area (Å²) in [6, 6.07) is 11.5. The number of hydrogen-bond acceptors (Lipinski definition) is 3. The van der Waals surface area contributed by atoms with Gasteiger partial charge in [-0.3, -0.25) is 4.90 Å². The molecule has 20 heavy (non-hydrogen) atoms. The lowest BCUT2D eigenvalue weighted by atomic mass is 9.94. The lowest BCUT2D eigenvalue weighted by Gasteiger charge is -2.30. The van der Waals surface area contributed by atoms with Crippen molar-refractivity contribution < 1.29 is 0 Å². The lowest BCUT2D eigenvalue weighted by Crippen LogP contribution is -2.37. The van der Waals surface area contributed by atoms with Crippen molar-refractivity contribution in [3.05, 3.63) is 56.2 Å². The minimum Gasteiger partial charge on any atom is -0.309 e. The second kappa shape index (κ2) is 6.39. The van der Waals surface area contributed by atoms with Gasteiger partial charge in [-0.1, -0.05) is 24.3 Å². The van der Waals surface area contributed by atoms with Crippen LogP contribution in [0, 0.1) is 0 Å². The molecule has 2 nitrogen and oxygen atoms in total. The van der Waals surface area contributed by atoms with Gasteiger partial charge in [-0.25, -0.2) is 0 Å². The molecule has 3 rings (SSSR count). The predicted octanol–water partition coefficient (Wildman–Crippen LogP) is 3.83. The average molecular weight is 351 g/mol. The van der Waals surface area contributed by atoms with E-state index in [2.05, 4.69) is 68.9 Å². The van der Waals surface area contributed by atoms with Crippen LogP contribution in [0.25, 0.3) is 0 Å². The van der Waals surface area contributed by atoms with Gasteiger partial charge in [0, 0.05) is 33.9 Å². The molecule has 1 aromatic carbocycles. The van der Waals surface area contributed by atoms with Crippen LogP contribution in [0.2, 0.25) is 0 Å². The molecule has 0 fully saturated rings. The van der Waals surface area contributed by atoms with Crippen molar-refractivity contribution in [3.63, 3.8) is 0 Å². The molecule has 2 aromatic rings. The number of benzene rings is 1. The number of rotatable bonds is 4. The van der Waals surface area contributed by atoms with Crippen LogP contribution in [0.15, 0.2) is 40.2 Å². The molecule has 4 heteroatoms. The molecule has 1 aromatic heterocycles. The first kappa shape index (κ1) is 14.3. The van der Waals surface area contributed by atoms with Crippen LogP contribution in [-0.4, -0.2) is 25.0 Å². The molecule has 1 atom stereocenters. The zero-order valence-electron chi connectivity index (χ0n) is 11.6. The summed E-state index contributed by atoms with van der Waals surface area (Å²) < 4.78 is 1.19. The zero-order chi connectivity index (χ0) is 13.9. The number of fused-ring (bicyclic) bond motifs is 1. The number of hydrogen-bond donors (Lipinski definition) is 1. The minimum atomic E-state index is 0.452. The Morgan fingerprint density at radius 1 is 1.40 bits per heavy atom. The summed E-state index contributed by atoms with van der Waals surface area (Å²) in [5.74, 6) is 0. The summed E-state index contributed by atoms with van der Waals surface area (Å²) in [5.41, 5.74) is 2.97. The van der Waals surface area contributed by atoms with Gasteiger partial charge in [-0.15, -0.1) is 11.3 Å². The Morgan fingerprint density at radius 2 is 2.25 bits per heavy atom. The third-order valence-electron chi connectivity index (χ3n) is 3.76. The van der Waals surface area contributed by atoms with E-state index in [9.17, 15) is 0 Å². The highest BCUT2D eigenvalue weighted by atomic mass is 79.9. The largest absolute Gasteiger partial charge is 0.309 e. The Morgan fingerprint density at radius 3 is 3.05 bits per heavy atom. The van der Waals surface area contributed by atoms with E-state index >= 15 is 0 Å².